The van der Waals surface area contributed by atoms with Crippen LogP contribution in [0, 0.1) is 17.0 Å². The van der Waals surface area contributed by atoms with Gasteiger partial charge in [0.15, 0.2) is 0 Å². The van der Waals surface area contributed by atoms with Crippen molar-refractivity contribution in [2.24, 2.45) is 0 Å². The van der Waals surface area contributed by atoms with Crippen molar-refractivity contribution >= 4 is 28.7 Å². The molecule has 6 nitrogen and oxygen atoms in total. The molecule has 2 aromatic rings. The number of rotatable bonds is 5. The number of nitro groups is 1. The highest BCUT2D eigenvalue weighted by atomic mass is 32.1. The zero-order valence-electron chi connectivity index (χ0n) is 11.5. The fourth-order valence-electron chi connectivity index (χ4n) is 1.80. The van der Waals surface area contributed by atoms with Crippen molar-refractivity contribution in [1.82, 2.24) is 4.98 Å². The van der Waals surface area contributed by atoms with Crippen molar-refractivity contribution in [2.75, 3.05) is 17.7 Å². The Morgan fingerprint density at radius 2 is 2.05 bits per heavy atom. The summed E-state index contributed by atoms with van der Waals surface area (Å²) in [6.45, 7) is 4.05. The van der Waals surface area contributed by atoms with Gasteiger partial charge in [0.05, 0.1) is 23.1 Å². The van der Waals surface area contributed by atoms with E-state index in [0.717, 1.165) is 0 Å². The summed E-state index contributed by atoms with van der Waals surface area (Å²) in [4.78, 5) is 17.2. The van der Waals surface area contributed by atoms with Gasteiger partial charge < -0.3 is 10.6 Å². The van der Waals surface area contributed by atoms with Gasteiger partial charge in [-0.05, 0) is 26.0 Å². The molecule has 7 heteroatoms. The molecule has 20 heavy (non-hydrogen) atoms. The molecular weight excluding hydrogens is 276 g/mol. The number of aryl methyl sites for hydroxylation is 1. The van der Waals surface area contributed by atoms with Crippen LogP contribution in [-0.2, 0) is 0 Å². The second-order valence-electron chi connectivity index (χ2n) is 4.42. The fraction of sp³-hybridized carbons (Fsp3) is 0.308. The maximum absolute atomic E-state index is 10.9. The van der Waals surface area contributed by atoms with Crippen LogP contribution < -0.4 is 10.6 Å². The monoisotopic (exact) mass is 292 g/mol. The Labute approximate surface area is 121 Å². The highest BCUT2D eigenvalue weighted by Gasteiger charge is 2.13. The molecule has 1 unspecified atom stereocenters. The zero-order valence-corrected chi connectivity index (χ0v) is 12.3. The lowest BCUT2D eigenvalue weighted by Crippen LogP contribution is -2.08. The number of pyridine rings is 1. The van der Waals surface area contributed by atoms with Crippen molar-refractivity contribution in [2.45, 2.75) is 19.9 Å². The first-order chi connectivity index (χ1) is 9.49. The maximum Gasteiger partial charge on any atom is 0.276 e. The van der Waals surface area contributed by atoms with Crippen LogP contribution in [0.1, 0.15) is 22.7 Å². The second kappa shape index (κ2) is 5.87. The molecule has 0 saturated carbocycles. The number of hydrogen-bond donors (Lipinski definition) is 2. The van der Waals surface area contributed by atoms with Gasteiger partial charge in [0, 0.05) is 16.8 Å². The normalized spacial score (nSPS) is 11.9. The Morgan fingerprint density at radius 1 is 1.35 bits per heavy atom. The molecule has 0 aliphatic carbocycles. The number of thiophene rings is 1. The van der Waals surface area contributed by atoms with Gasteiger partial charge in [0.25, 0.3) is 5.69 Å². The quantitative estimate of drug-likeness (QED) is 0.650. The van der Waals surface area contributed by atoms with Crippen molar-refractivity contribution in [1.29, 1.82) is 0 Å². The Kier molecular flexibility index (Phi) is 4.19. The van der Waals surface area contributed by atoms with Crippen molar-refractivity contribution in [3.63, 3.8) is 0 Å². The summed E-state index contributed by atoms with van der Waals surface area (Å²) in [5.74, 6) is 0.957. The minimum absolute atomic E-state index is 0.0152. The van der Waals surface area contributed by atoms with Crippen LogP contribution >= 0.6 is 11.3 Å². The number of hydrogen-bond acceptors (Lipinski definition) is 6. The standard InChI is InChI=1S/C13H16N4O2S/c1-8-4-5-11(20-8)9(2)15-13-7-10(17(18)19)6-12(14-3)16-13/h4-7,9H,1-3H3,(H2,14,15,16). The highest BCUT2D eigenvalue weighted by molar-refractivity contribution is 7.12. The minimum Gasteiger partial charge on any atom is -0.373 e. The van der Waals surface area contributed by atoms with Crippen LogP contribution in [0.15, 0.2) is 24.3 Å². The van der Waals surface area contributed by atoms with Crippen LogP contribution in [0.25, 0.3) is 0 Å². The van der Waals surface area contributed by atoms with Crippen LogP contribution in [0.2, 0.25) is 0 Å². The van der Waals surface area contributed by atoms with E-state index in [0.29, 0.717) is 11.6 Å². The average Bonchev–Trinajstić information content (AvgIpc) is 2.85. The second-order valence-corrected chi connectivity index (χ2v) is 5.74. The molecule has 2 N–H and O–H groups in total. The molecular formula is C13H16N4O2S. The van der Waals surface area contributed by atoms with Gasteiger partial charge in [0.1, 0.15) is 11.6 Å². The number of nitrogens with one attached hydrogen (secondary N) is 2. The van der Waals surface area contributed by atoms with E-state index in [-0.39, 0.29) is 11.7 Å². The lowest BCUT2D eigenvalue weighted by molar-refractivity contribution is -0.384. The lowest BCUT2D eigenvalue weighted by Gasteiger charge is -2.13. The van der Waals surface area contributed by atoms with Crippen LogP contribution in [0.4, 0.5) is 17.3 Å². The van der Waals surface area contributed by atoms with E-state index in [9.17, 15) is 10.1 Å². The van der Waals surface area contributed by atoms with Gasteiger partial charge >= 0.3 is 0 Å². The molecule has 2 aromatic heterocycles. The van der Waals surface area contributed by atoms with E-state index in [4.69, 9.17) is 0 Å². The van der Waals surface area contributed by atoms with Gasteiger partial charge in [-0.3, -0.25) is 10.1 Å². The van der Waals surface area contributed by atoms with Gasteiger partial charge in [-0.1, -0.05) is 0 Å². The number of aromatic nitrogens is 1. The Hall–Kier alpha value is -2.15. The van der Waals surface area contributed by atoms with E-state index in [2.05, 4.69) is 21.7 Å². The zero-order chi connectivity index (χ0) is 14.7. The van der Waals surface area contributed by atoms with Crippen LogP contribution in [0.3, 0.4) is 0 Å². The smallest absolute Gasteiger partial charge is 0.276 e. The predicted octanol–water partition coefficient (Wildman–Crippen LogP) is 3.57. The molecule has 2 heterocycles. The molecule has 0 aliphatic rings. The Balaban J connectivity index is 2.24. The van der Waals surface area contributed by atoms with Crippen molar-refractivity contribution < 1.29 is 4.92 Å². The highest BCUT2D eigenvalue weighted by Crippen LogP contribution is 2.27. The maximum atomic E-state index is 10.9. The fourth-order valence-corrected chi connectivity index (χ4v) is 2.68. The molecule has 0 aromatic carbocycles. The molecule has 0 bridgehead atoms. The van der Waals surface area contributed by atoms with Crippen molar-refractivity contribution in [3.8, 4) is 0 Å². The average molecular weight is 292 g/mol. The number of nitrogens with zero attached hydrogens (tertiary/aromatic N) is 2. The van der Waals surface area contributed by atoms with Crippen LogP contribution in [0.5, 0.6) is 0 Å². The predicted molar refractivity (Wildman–Crippen MR) is 81.5 cm³/mol. The van der Waals surface area contributed by atoms with E-state index >= 15 is 0 Å². The van der Waals surface area contributed by atoms with Gasteiger partial charge in [-0.25, -0.2) is 4.98 Å². The van der Waals surface area contributed by atoms with E-state index in [1.165, 1.54) is 21.9 Å². The summed E-state index contributed by atoms with van der Waals surface area (Å²) in [7, 11) is 1.68. The van der Waals surface area contributed by atoms with Gasteiger partial charge in [-0.2, -0.15) is 0 Å². The molecule has 2 rings (SSSR count). The Bertz CT molecular complexity index is 627. The molecule has 0 spiro atoms. The molecule has 0 radical (unpaired) electrons. The third-order valence-electron chi connectivity index (χ3n) is 2.83. The third-order valence-corrected chi connectivity index (χ3v) is 4.01. The van der Waals surface area contributed by atoms with Gasteiger partial charge in [-0.15, -0.1) is 11.3 Å². The van der Waals surface area contributed by atoms with E-state index in [1.54, 1.807) is 18.4 Å². The molecule has 0 saturated heterocycles. The van der Waals surface area contributed by atoms with E-state index < -0.39 is 4.92 Å². The SMILES string of the molecule is CNc1cc([N+](=O)[O-])cc(NC(C)c2ccc(C)s2)n1. The number of anilines is 2. The molecule has 1 atom stereocenters. The van der Waals surface area contributed by atoms with Gasteiger partial charge in [0.2, 0.25) is 0 Å². The molecule has 106 valence electrons. The van der Waals surface area contributed by atoms with Crippen molar-refractivity contribution in [3.05, 3.63) is 44.1 Å². The molecule has 0 fully saturated rings. The lowest BCUT2D eigenvalue weighted by atomic mass is 10.2. The summed E-state index contributed by atoms with van der Waals surface area (Å²) in [6, 6.07) is 7.00. The largest absolute Gasteiger partial charge is 0.373 e. The first-order valence-corrected chi connectivity index (χ1v) is 6.98. The minimum atomic E-state index is -0.423. The summed E-state index contributed by atoms with van der Waals surface area (Å²) in [6.07, 6.45) is 0. The van der Waals surface area contributed by atoms with Crippen LogP contribution in [-0.4, -0.2) is 17.0 Å². The first-order valence-electron chi connectivity index (χ1n) is 6.16. The summed E-state index contributed by atoms with van der Waals surface area (Å²) >= 11 is 1.70. The molecule has 0 amide bonds. The van der Waals surface area contributed by atoms with E-state index in [1.807, 2.05) is 19.9 Å². The summed E-state index contributed by atoms with van der Waals surface area (Å²) in [5.41, 5.74) is 0.0152. The first kappa shape index (κ1) is 14.3. The summed E-state index contributed by atoms with van der Waals surface area (Å²) < 4.78 is 0. The topological polar surface area (TPSA) is 80.1 Å². The Morgan fingerprint density at radius 3 is 2.60 bits per heavy atom. The summed E-state index contributed by atoms with van der Waals surface area (Å²) in [5, 5.41) is 16.9. The molecule has 0 aliphatic heterocycles. The third kappa shape index (κ3) is 3.24.